The van der Waals surface area contributed by atoms with E-state index in [1.807, 2.05) is 0 Å². The van der Waals surface area contributed by atoms with Crippen molar-refractivity contribution in [2.75, 3.05) is 0 Å². The molecule has 0 saturated carbocycles. The second-order valence-electron chi connectivity index (χ2n) is 6.00. The Morgan fingerprint density at radius 1 is 1.11 bits per heavy atom. The number of halogens is 1. The molecule has 1 aromatic heterocycles. The summed E-state index contributed by atoms with van der Waals surface area (Å²) < 4.78 is 1.18. The third-order valence-corrected chi connectivity index (χ3v) is 4.27. The lowest BCUT2D eigenvalue weighted by atomic mass is 10.1. The van der Waals surface area contributed by atoms with E-state index in [0.29, 0.717) is 16.3 Å². The fourth-order valence-corrected chi connectivity index (χ4v) is 2.76. The summed E-state index contributed by atoms with van der Waals surface area (Å²) in [5.41, 5.74) is 1.18. The minimum absolute atomic E-state index is 0.335. The van der Waals surface area contributed by atoms with Crippen LogP contribution in [0.1, 0.15) is 11.6 Å². The minimum atomic E-state index is -1.21. The molecule has 7 nitrogen and oxygen atoms in total. The smallest absolute Gasteiger partial charge is 0.330 e. The predicted octanol–water partition coefficient (Wildman–Crippen LogP) is 2.51. The first-order chi connectivity index (χ1) is 13.4. The van der Waals surface area contributed by atoms with Crippen molar-refractivity contribution in [2.24, 2.45) is 0 Å². The van der Waals surface area contributed by atoms with Crippen LogP contribution in [-0.2, 0) is 16.1 Å². The average Bonchev–Trinajstić information content (AvgIpc) is 2.69. The summed E-state index contributed by atoms with van der Waals surface area (Å²) in [6.07, 6.45) is 2.56. The number of hydrogen-bond acceptors (Lipinski definition) is 4. The largest absolute Gasteiger partial charge is 0.479 e. The Bertz CT molecular complexity index is 1050. The Hall–Kier alpha value is -3.45. The maximum atomic E-state index is 12.4. The van der Waals surface area contributed by atoms with Crippen LogP contribution < -0.4 is 10.9 Å². The van der Waals surface area contributed by atoms with Crippen LogP contribution in [-0.4, -0.2) is 26.5 Å². The number of aromatic nitrogens is 2. The van der Waals surface area contributed by atoms with Crippen molar-refractivity contribution in [1.82, 2.24) is 14.9 Å². The number of hydrogen-bond donors (Lipinski definition) is 2. The first kappa shape index (κ1) is 19.3. The monoisotopic (exact) mass is 397 g/mol. The van der Waals surface area contributed by atoms with Crippen molar-refractivity contribution >= 4 is 23.5 Å². The number of amides is 1. The number of nitrogens with one attached hydrogen (secondary N) is 1. The van der Waals surface area contributed by atoms with Gasteiger partial charge in [0.05, 0.1) is 11.9 Å². The zero-order valence-electron chi connectivity index (χ0n) is 14.6. The van der Waals surface area contributed by atoms with Gasteiger partial charge in [-0.2, -0.15) is 0 Å². The Morgan fingerprint density at radius 2 is 1.79 bits per heavy atom. The Balaban J connectivity index is 1.79. The van der Waals surface area contributed by atoms with E-state index < -0.39 is 23.5 Å². The molecule has 1 heterocycles. The van der Waals surface area contributed by atoms with Crippen LogP contribution in [0.3, 0.4) is 0 Å². The van der Waals surface area contributed by atoms with E-state index in [1.165, 1.54) is 10.8 Å². The van der Waals surface area contributed by atoms with Crippen LogP contribution in [0.15, 0.2) is 71.8 Å². The quantitative estimate of drug-likeness (QED) is 0.665. The molecule has 0 unspecified atom stereocenters. The number of aliphatic carboxylic acids is 1. The Kier molecular flexibility index (Phi) is 5.86. The molecular formula is C20H16ClN3O4. The maximum absolute atomic E-state index is 12.4. The summed E-state index contributed by atoms with van der Waals surface area (Å²) >= 11 is 5.87. The van der Waals surface area contributed by atoms with Crippen molar-refractivity contribution < 1.29 is 14.7 Å². The zero-order chi connectivity index (χ0) is 20.1. The Labute approximate surface area is 165 Å². The maximum Gasteiger partial charge on any atom is 0.330 e. The van der Waals surface area contributed by atoms with Crippen molar-refractivity contribution in [3.8, 4) is 11.3 Å². The summed E-state index contributed by atoms with van der Waals surface area (Å²) in [6.45, 7) is -0.335. The number of carbonyl (C=O) groups excluding carboxylic acids is 1. The molecule has 0 aliphatic heterocycles. The van der Waals surface area contributed by atoms with Crippen LogP contribution in [0, 0.1) is 0 Å². The van der Waals surface area contributed by atoms with Crippen LogP contribution in [0.2, 0.25) is 5.02 Å². The van der Waals surface area contributed by atoms with Crippen molar-refractivity contribution in [3.05, 3.63) is 87.9 Å². The van der Waals surface area contributed by atoms with E-state index in [2.05, 4.69) is 10.3 Å². The van der Waals surface area contributed by atoms with E-state index >= 15 is 0 Å². The van der Waals surface area contributed by atoms with Crippen LogP contribution in [0.5, 0.6) is 0 Å². The molecule has 2 N–H and O–H groups in total. The summed E-state index contributed by atoms with van der Waals surface area (Å²) in [5.74, 6) is -1.80. The van der Waals surface area contributed by atoms with Gasteiger partial charge >= 0.3 is 5.97 Å². The van der Waals surface area contributed by atoms with Crippen LogP contribution in [0.4, 0.5) is 0 Å². The minimum Gasteiger partial charge on any atom is -0.479 e. The molecule has 0 radical (unpaired) electrons. The molecule has 0 bridgehead atoms. The molecule has 0 spiro atoms. The molecular weight excluding hydrogens is 382 g/mol. The highest BCUT2D eigenvalue weighted by molar-refractivity contribution is 6.30. The SMILES string of the molecule is O=C(Cn1cc(-c2ccc(Cl)cc2)ncc1=O)N[C@@H](C(=O)O)c1ccccc1. The van der Waals surface area contributed by atoms with E-state index in [1.54, 1.807) is 54.6 Å². The second kappa shape index (κ2) is 8.49. The third kappa shape index (κ3) is 4.63. The number of rotatable bonds is 6. The van der Waals surface area contributed by atoms with Gasteiger partial charge in [0.2, 0.25) is 5.91 Å². The van der Waals surface area contributed by atoms with Crippen molar-refractivity contribution in [1.29, 1.82) is 0 Å². The highest BCUT2D eigenvalue weighted by Crippen LogP contribution is 2.18. The molecule has 1 amide bonds. The first-order valence-corrected chi connectivity index (χ1v) is 8.71. The highest BCUT2D eigenvalue weighted by Gasteiger charge is 2.22. The topological polar surface area (TPSA) is 101 Å². The van der Waals surface area contributed by atoms with Gasteiger partial charge in [0.1, 0.15) is 6.54 Å². The van der Waals surface area contributed by atoms with Gasteiger partial charge in [-0.3, -0.25) is 9.59 Å². The molecule has 28 heavy (non-hydrogen) atoms. The van der Waals surface area contributed by atoms with Gasteiger partial charge < -0.3 is 15.0 Å². The van der Waals surface area contributed by atoms with Gasteiger partial charge in [-0.05, 0) is 17.7 Å². The summed E-state index contributed by atoms with van der Waals surface area (Å²) in [4.78, 5) is 40.0. The summed E-state index contributed by atoms with van der Waals surface area (Å²) in [6, 6.07) is 14.0. The van der Waals surface area contributed by atoms with Gasteiger partial charge in [0, 0.05) is 16.8 Å². The Morgan fingerprint density at radius 3 is 2.43 bits per heavy atom. The van der Waals surface area contributed by atoms with E-state index in [9.17, 15) is 19.5 Å². The van der Waals surface area contributed by atoms with Crippen LogP contribution >= 0.6 is 11.6 Å². The molecule has 0 saturated heterocycles. The third-order valence-electron chi connectivity index (χ3n) is 4.01. The fourth-order valence-electron chi connectivity index (χ4n) is 2.63. The predicted molar refractivity (Wildman–Crippen MR) is 104 cm³/mol. The van der Waals surface area contributed by atoms with Gasteiger partial charge in [-0.25, -0.2) is 9.78 Å². The molecule has 8 heteroatoms. The average molecular weight is 398 g/mol. The lowest BCUT2D eigenvalue weighted by molar-refractivity contribution is -0.142. The molecule has 142 valence electrons. The van der Waals surface area contributed by atoms with Gasteiger partial charge in [-0.15, -0.1) is 0 Å². The molecule has 2 aromatic carbocycles. The summed E-state index contributed by atoms with van der Waals surface area (Å²) in [7, 11) is 0. The number of nitrogens with zero attached hydrogens (tertiary/aromatic N) is 2. The van der Waals surface area contributed by atoms with E-state index in [-0.39, 0.29) is 6.54 Å². The standard InChI is InChI=1S/C20H16ClN3O4/c21-15-8-6-13(7-9-15)16-11-24(18(26)10-22-16)12-17(25)23-19(20(27)28)14-4-2-1-3-5-14/h1-11,19H,12H2,(H,23,25)(H,27,28)/t19-/m1/s1. The van der Waals surface area contributed by atoms with Crippen molar-refractivity contribution in [3.63, 3.8) is 0 Å². The molecule has 0 aliphatic carbocycles. The molecule has 0 fully saturated rings. The highest BCUT2D eigenvalue weighted by atomic mass is 35.5. The number of carbonyl (C=O) groups is 2. The van der Waals surface area contributed by atoms with E-state index in [0.717, 1.165) is 11.8 Å². The van der Waals surface area contributed by atoms with Crippen molar-refractivity contribution in [2.45, 2.75) is 12.6 Å². The first-order valence-electron chi connectivity index (χ1n) is 8.33. The normalized spacial score (nSPS) is 11.6. The van der Waals surface area contributed by atoms with Gasteiger partial charge in [0.25, 0.3) is 5.56 Å². The number of benzene rings is 2. The fraction of sp³-hybridized carbons (Fsp3) is 0.100. The molecule has 3 rings (SSSR count). The van der Waals surface area contributed by atoms with E-state index in [4.69, 9.17) is 11.6 Å². The molecule has 1 atom stereocenters. The number of carboxylic acids is 1. The van der Waals surface area contributed by atoms with Crippen LogP contribution in [0.25, 0.3) is 11.3 Å². The molecule has 3 aromatic rings. The van der Waals surface area contributed by atoms with Gasteiger partial charge in [-0.1, -0.05) is 54.1 Å². The second-order valence-corrected chi connectivity index (χ2v) is 6.43. The molecule has 0 aliphatic rings. The lowest BCUT2D eigenvalue weighted by Crippen LogP contribution is -2.37. The lowest BCUT2D eigenvalue weighted by Gasteiger charge is -2.15. The van der Waals surface area contributed by atoms with Gasteiger partial charge in [0.15, 0.2) is 6.04 Å². The number of carboxylic acid groups (broad SMARTS) is 1. The summed E-state index contributed by atoms with van der Waals surface area (Å²) in [5, 5.41) is 12.4. The zero-order valence-corrected chi connectivity index (χ0v) is 15.3.